The van der Waals surface area contributed by atoms with Gasteiger partial charge in [-0.1, -0.05) is 68.3 Å². The molecule has 0 amide bonds. The van der Waals surface area contributed by atoms with Crippen molar-refractivity contribution in [2.24, 2.45) is 4.99 Å². The molecule has 0 atom stereocenters. The van der Waals surface area contributed by atoms with E-state index in [4.69, 9.17) is 4.74 Å². The first kappa shape index (κ1) is 17.9. The molecule has 0 radical (unpaired) electrons. The summed E-state index contributed by atoms with van der Waals surface area (Å²) in [5.74, 6) is 0.843. The van der Waals surface area contributed by atoms with Crippen molar-refractivity contribution < 1.29 is 4.74 Å². The van der Waals surface area contributed by atoms with Crippen LogP contribution in [0.15, 0.2) is 86.7 Å². The number of hydrogen-bond donors (Lipinski definition) is 0. The highest BCUT2D eigenvalue weighted by molar-refractivity contribution is 9.11. The minimum Gasteiger partial charge on any atom is -0.489 e. The molecular formula is C21H17Br2NO. The Morgan fingerprint density at radius 2 is 1.64 bits per heavy atom. The highest BCUT2D eigenvalue weighted by atomic mass is 79.9. The highest BCUT2D eigenvalue weighted by Gasteiger charge is 2.02. The van der Waals surface area contributed by atoms with Gasteiger partial charge < -0.3 is 4.74 Å². The predicted molar refractivity (Wildman–Crippen MR) is 110 cm³/mol. The maximum atomic E-state index is 5.85. The molecule has 2 nitrogen and oxygen atoms in total. The van der Waals surface area contributed by atoms with Gasteiger partial charge in [-0.25, -0.2) is 0 Å². The molecular weight excluding hydrogens is 442 g/mol. The minimum absolute atomic E-state index is 0.523. The summed E-state index contributed by atoms with van der Waals surface area (Å²) in [7, 11) is 0. The molecule has 3 rings (SSSR count). The van der Waals surface area contributed by atoms with Crippen LogP contribution < -0.4 is 4.74 Å². The largest absolute Gasteiger partial charge is 0.489 e. The Morgan fingerprint density at radius 1 is 0.880 bits per heavy atom. The van der Waals surface area contributed by atoms with E-state index in [2.05, 4.69) is 49.0 Å². The smallest absolute Gasteiger partial charge is 0.119 e. The third-order valence-corrected chi connectivity index (χ3v) is 4.88. The van der Waals surface area contributed by atoms with Crippen LogP contribution in [0.5, 0.6) is 5.75 Å². The van der Waals surface area contributed by atoms with Crippen molar-refractivity contribution in [3.8, 4) is 5.75 Å². The molecule has 25 heavy (non-hydrogen) atoms. The average molecular weight is 459 g/mol. The van der Waals surface area contributed by atoms with Crippen LogP contribution in [0.2, 0.25) is 0 Å². The summed E-state index contributed by atoms with van der Waals surface area (Å²) in [5, 5.41) is 0. The molecule has 0 unspecified atom stereocenters. The Balaban J connectivity index is 1.55. The molecule has 4 heteroatoms. The van der Waals surface area contributed by atoms with E-state index in [-0.39, 0.29) is 0 Å². The SMILES string of the molecule is Brc1ccc(COc2ccc(C=NCc3ccccc3)cc2)c(Br)c1. The Kier molecular flexibility index (Phi) is 6.42. The van der Waals surface area contributed by atoms with Gasteiger partial charge in [0.25, 0.3) is 0 Å². The van der Waals surface area contributed by atoms with Gasteiger partial charge in [-0.05, 0) is 47.5 Å². The van der Waals surface area contributed by atoms with Gasteiger partial charge >= 0.3 is 0 Å². The van der Waals surface area contributed by atoms with Crippen molar-refractivity contribution >= 4 is 38.1 Å². The van der Waals surface area contributed by atoms with E-state index in [0.29, 0.717) is 13.2 Å². The van der Waals surface area contributed by atoms with Crippen LogP contribution in [-0.2, 0) is 13.2 Å². The summed E-state index contributed by atoms with van der Waals surface area (Å²) in [6.07, 6.45) is 1.89. The fourth-order valence-electron chi connectivity index (χ4n) is 2.29. The number of halogens is 2. The zero-order valence-corrected chi connectivity index (χ0v) is 16.7. The van der Waals surface area contributed by atoms with Crippen LogP contribution in [0.3, 0.4) is 0 Å². The average Bonchev–Trinajstić information content (AvgIpc) is 2.63. The quantitative estimate of drug-likeness (QED) is 0.391. The number of benzene rings is 3. The maximum absolute atomic E-state index is 5.85. The van der Waals surface area contributed by atoms with Gasteiger partial charge in [0.15, 0.2) is 0 Å². The Bertz CT molecular complexity index is 846. The number of hydrogen-bond acceptors (Lipinski definition) is 2. The lowest BCUT2D eigenvalue weighted by Crippen LogP contribution is -1.96. The van der Waals surface area contributed by atoms with Crippen molar-refractivity contribution in [1.29, 1.82) is 0 Å². The fraction of sp³-hybridized carbons (Fsp3) is 0.0952. The lowest BCUT2D eigenvalue weighted by molar-refractivity contribution is 0.305. The fourth-order valence-corrected chi connectivity index (χ4v) is 3.45. The monoisotopic (exact) mass is 457 g/mol. The second kappa shape index (κ2) is 8.97. The third-order valence-electron chi connectivity index (χ3n) is 3.65. The van der Waals surface area contributed by atoms with Crippen LogP contribution in [0.1, 0.15) is 16.7 Å². The number of rotatable bonds is 6. The molecule has 0 aliphatic heterocycles. The molecule has 0 aliphatic rings. The summed E-state index contributed by atoms with van der Waals surface area (Å²) >= 11 is 7.01. The summed E-state index contributed by atoms with van der Waals surface area (Å²) in [6, 6.07) is 24.3. The predicted octanol–water partition coefficient (Wildman–Crippen LogP) is 6.41. The van der Waals surface area contributed by atoms with E-state index in [1.54, 1.807) is 0 Å². The first-order valence-electron chi connectivity index (χ1n) is 7.91. The summed E-state index contributed by atoms with van der Waals surface area (Å²) in [6.45, 7) is 1.21. The maximum Gasteiger partial charge on any atom is 0.119 e. The van der Waals surface area contributed by atoms with Crippen LogP contribution in [0.4, 0.5) is 0 Å². The van der Waals surface area contributed by atoms with Gasteiger partial charge in [-0.15, -0.1) is 0 Å². The summed E-state index contributed by atoms with van der Waals surface area (Å²) < 4.78 is 7.93. The van der Waals surface area contributed by atoms with E-state index < -0.39 is 0 Å². The molecule has 0 saturated carbocycles. The first-order chi connectivity index (χ1) is 12.2. The van der Waals surface area contributed by atoms with Crippen molar-refractivity contribution in [3.63, 3.8) is 0 Å². The standard InChI is InChI=1S/C21H17Br2NO/c22-19-9-8-18(21(23)12-19)15-25-20-10-6-17(7-11-20)14-24-13-16-4-2-1-3-5-16/h1-12,14H,13,15H2. The Hall–Kier alpha value is -1.91. The highest BCUT2D eigenvalue weighted by Crippen LogP contribution is 2.23. The molecule has 0 aromatic heterocycles. The molecule has 0 spiro atoms. The van der Waals surface area contributed by atoms with E-state index in [0.717, 1.165) is 25.8 Å². The van der Waals surface area contributed by atoms with Crippen LogP contribution in [-0.4, -0.2) is 6.21 Å². The van der Waals surface area contributed by atoms with Gasteiger partial charge in [-0.2, -0.15) is 0 Å². The van der Waals surface area contributed by atoms with Gasteiger partial charge in [0.2, 0.25) is 0 Å². The van der Waals surface area contributed by atoms with Crippen molar-refractivity contribution in [1.82, 2.24) is 0 Å². The first-order valence-corrected chi connectivity index (χ1v) is 9.50. The molecule has 0 fully saturated rings. The van der Waals surface area contributed by atoms with E-state index in [1.807, 2.05) is 66.9 Å². The Morgan fingerprint density at radius 3 is 2.36 bits per heavy atom. The second-order valence-corrected chi connectivity index (χ2v) is 7.32. The summed E-state index contributed by atoms with van der Waals surface area (Å²) in [4.78, 5) is 4.48. The van der Waals surface area contributed by atoms with Gasteiger partial charge in [-0.3, -0.25) is 4.99 Å². The minimum atomic E-state index is 0.523. The normalized spacial score (nSPS) is 11.0. The molecule has 0 N–H and O–H groups in total. The molecule has 126 valence electrons. The zero-order valence-electron chi connectivity index (χ0n) is 13.5. The van der Waals surface area contributed by atoms with Gasteiger partial charge in [0, 0.05) is 20.7 Å². The van der Waals surface area contributed by atoms with E-state index in [1.165, 1.54) is 5.56 Å². The number of aliphatic imine (C=N–C) groups is 1. The van der Waals surface area contributed by atoms with E-state index >= 15 is 0 Å². The van der Waals surface area contributed by atoms with Crippen LogP contribution in [0.25, 0.3) is 0 Å². The van der Waals surface area contributed by atoms with Gasteiger partial charge in [0.1, 0.15) is 12.4 Å². The number of nitrogens with zero attached hydrogens (tertiary/aromatic N) is 1. The number of ether oxygens (including phenoxy) is 1. The second-order valence-electron chi connectivity index (χ2n) is 5.55. The topological polar surface area (TPSA) is 21.6 Å². The van der Waals surface area contributed by atoms with Crippen molar-refractivity contribution in [2.75, 3.05) is 0 Å². The van der Waals surface area contributed by atoms with Crippen LogP contribution >= 0.6 is 31.9 Å². The Labute approximate surface area is 164 Å². The van der Waals surface area contributed by atoms with E-state index in [9.17, 15) is 0 Å². The van der Waals surface area contributed by atoms with Gasteiger partial charge in [0.05, 0.1) is 6.54 Å². The van der Waals surface area contributed by atoms with Crippen molar-refractivity contribution in [2.45, 2.75) is 13.2 Å². The molecule has 0 aliphatic carbocycles. The lowest BCUT2D eigenvalue weighted by Gasteiger charge is -2.08. The summed E-state index contributed by atoms with van der Waals surface area (Å²) in [5.41, 5.74) is 3.38. The molecule has 3 aromatic rings. The lowest BCUT2D eigenvalue weighted by atomic mass is 10.2. The molecule has 0 heterocycles. The molecule has 0 bridgehead atoms. The molecule has 3 aromatic carbocycles. The molecule has 0 saturated heterocycles. The third kappa shape index (κ3) is 5.55. The zero-order chi connectivity index (χ0) is 17.5. The van der Waals surface area contributed by atoms with Crippen LogP contribution in [0, 0.1) is 0 Å². The van der Waals surface area contributed by atoms with Crippen molar-refractivity contribution in [3.05, 3.63) is 98.4 Å².